The quantitative estimate of drug-likeness (QED) is 0.757. The van der Waals surface area contributed by atoms with Crippen LogP contribution in [0.5, 0.6) is 0 Å². The number of methoxy groups -OCH3 is 1. The molecule has 0 radical (unpaired) electrons. The van der Waals surface area contributed by atoms with E-state index in [0.29, 0.717) is 22.5 Å². The fraction of sp³-hybridized carbons (Fsp3) is 0.941. The van der Waals surface area contributed by atoms with Crippen molar-refractivity contribution in [1.29, 1.82) is 0 Å². The fourth-order valence-electron chi connectivity index (χ4n) is 5.58. The third kappa shape index (κ3) is 1.75. The summed E-state index contributed by atoms with van der Waals surface area (Å²) >= 11 is 0. The summed E-state index contributed by atoms with van der Waals surface area (Å²) in [5.41, 5.74) is 0.975. The van der Waals surface area contributed by atoms with E-state index < -0.39 is 0 Å². The topological polar surface area (TPSA) is 26.3 Å². The summed E-state index contributed by atoms with van der Waals surface area (Å²) in [6, 6.07) is 0. The van der Waals surface area contributed by atoms with Crippen molar-refractivity contribution >= 4 is 5.78 Å². The average molecular weight is 264 g/mol. The van der Waals surface area contributed by atoms with Crippen molar-refractivity contribution in [3.8, 4) is 0 Å². The number of carbonyl (C=O) groups excluding carboxylic acids is 1. The predicted molar refractivity (Wildman–Crippen MR) is 75.9 cm³/mol. The van der Waals surface area contributed by atoms with Crippen LogP contribution in [0.1, 0.15) is 59.3 Å². The Bertz CT molecular complexity index is 387. The van der Waals surface area contributed by atoms with Gasteiger partial charge in [-0.1, -0.05) is 20.8 Å². The maximum absolute atomic E-state index is 11.8. The van der Waals surface area contributed by atoms with Crippen molar-refractivity contribution in [3.05, 3.63) is 0 Å². The third-order valence-electron chi connectivity index (χ3n) is 7.35. The smallest absolute Gasteiger partial charge is 0.161 e. The van der Waals surface area contributed by atoms with Gasteiger partial charge >= 0.3 is 0 Å². The first-order chi connectivity index (χ1) is 8.90. The minimum Gasteiger partial charge on any atom is -0.374 e. The van der Waals surface area contributed by atoms with E-state index in [1.807, 2.05) is 0 Å². The molecule has 2 bridgehead atoms. The zero-order valence-corrected chi connectivity index (χ0v) is 12.9. The third-order valence-corrected chi connectivity index (χ3v) is 7.35. The van der Waals surface area contributed by atoms with Gasteiger partial charge in [-0.3, -0.25) is 4.79 Å². The zero-order chi connectivity index (χ0) is 13.8. The molecule has 3 aliphatic rings. The largest absolute Gasteiger partial charge is 0.374 e. The summed E-state index contributed by atoms with van der Waals surface area (Å²) in [6.07, 6.45) is 6.88. The molecule has 0 aromatic heterocycles. The molecule has 108 valence electrons. The molecule has 0 heterocycles. The number of fused-ring (bicyclic) bond motifs is 2. The summed E-state index contributed by atoms with van der Waals surface area (Å²) in [6.45, 7) is 7.47. The van der Waals surface area contributed by atoms with Gasteiger partial charge in [0.05, 0.1) is 0 Å². The van der Waals surface area contributed by atoms with Crippen LogP contribution in [0.4, 0.5) is 0 Å². The number of Topliss-reactive ketones (excluding diaryl/α,β-unsaturated/α-hetero) is 1. The second-order valence-corrected chi connectivity index (χ2v) is 7.94. The van der Waals surface area contributed by atoms with Gasteiger partial charge in [-0.25, -0.2) is 0 Å². The van der Waals surface area contributed by atoms with Crippen LogP contribution >= 0.6 is 0 Å². The number of hydrogen-bond acceptors (Lipinski definition) is 2. The molecule has 3 aliphatic carbocycles. The lowest BCUT2D eigenvalue weighted by molar-refractivity contribution is -0.134. The van der Waals surface area contributed by atoms with E-state index in [-0.39, 0.29) is 6.10 Å². The van der Waals surface area contributed by atoms with Gasteiger partial charge in [-0.2, -0.15) is 0 Å². The Morgan fingerprint density at radius 1 is 1.16 bits per heavy atom. The fourth-order valence-corrected chi connectivity index (χ4v) is 5.58. The highest BCUT2D eigenvalue weighted by Crippen LogP contribution is 2.70. The maximum Gasteiger partial charge on any atom is 0.161 e. The van der Waals surface area contributed by atoms with Gasteiger partial charge in [-0.05, 0) is 60.7 Å². The molecule has 0 aliphatic heterocycles. The van der Waals surface area contributed by atoms with E-state index in [1.165, 1.54) is 19.3 Å². The molecule has 19 heavy (non-hydrogen) atoms. The molecular formula is C17H28O2. The Labute approximate surface area is 117 Å². The van der Waals surface area contributed by atoms with Gasteiger partial charge in [0.1, 0.15) is 6.10 Å². The molecule has 2 heteroatoms. The molecule has 3 saturated carbocycles. The van der Waals surface area contributed by atoms with Crippen molar-refractivity contribution < 1.29 is 9.53 Å². The Morgan fingerprint density at radius 2 is 1.89 bits per heavy atom. The van der Waals surface area contributed by atoms with Crippen LogP contribution in [0.2, 0.25) is 0 Å². The minimum absolute atomic E-state index is 0.121. The minimum atomic E-state index is -0.121. The Hall–Kier alpha value is -0.370. The summed E-state index contributed by atoms with van der Waals surface area (Å²) in [4.78, 5) is 11.8. The summed E-state index contributed by atoms with van der Waals surface area (Å²) in [5.74, 6) is 2.75. The van der Waals surface area contributed by atoms with Crippen molar-refractivity contribution in [2.24, 2.45) is 28.6 Å². The van der Waals surface area contributed by atoms with E-state index in [2.05, 4.69) is 20.8 Å². The van der Waals surface area contributed by atoms with E-state index in [9.17, 15) is 4.79 Å². The van der Waals surface area contributed by atoms with Gasteiger partial charge in [0.25, 0.3) is 0 Å². The van der Waals surface area contributed by atoms with Gasteiger partial charge in [0.2, 0.25) is 0 Å². The molecule has 2 unspecified atom stereocenters. The van der Waals surface area contributed by atoms with Crippen LogP contribution in [-0.2, 0) is 9.53 Å². The van der Waals surface area contributed by atoms with Crippen LogP contribution in [0.3, 0.4) is 0 Å². The highest BCUT2D eigenvalue weighted by Gasteiger charge is 2.62. The molecule has 5 atom stereocenters. The standard InChI is InChI=1S/C17H28O2/c1-16(2)12-7-8-17(16,3)13(10-12)11-5-6-14(18)15(9-11)19-4/h11-13,15H,5-10H2,1-4H3/t11?,12-,13+,15?,17+/m0/s1. The van der Waals surface area contributed by atoms with E-state index in [1.54, 1.807) is 7.11 Å². The number of ether oxygens (including phenoxy) is 1. The number of hydrogen-bond donors (Lipinski definition) is 0. The SMILES string of the molecule is COC1CC([C@H]2C[C@@H]3CC[C@@]2(C)C3(C)C)CCC1=O. The normalized spacial score (nSPS) is 48.7. The van der Waals surface area contributed by atoms with Gasteiger partial charge in [-0.15, -0.1) is 0 Å². The molecule has 2 nitrogen and oxygen atoms in total. The number of carbonyl (C=O) groups is 1. The maximum atomic E-state index is 11.8. The highest BCUT2D eigenvalue weighted by atomic mass is 16.5. The van der Waals surface area contributed by atoms with E-state index >= 15 is 0 Å². The molecule has 0 spiro atoms. The lowest BCUT2D eigenvalue weighted by Crippen LogP contribution is -2.40. The van der Waals surface area contributed by atoms with Crippen molar-refractivity contribution in [3.63, 3.8) is 0 Å². The lowest BCUT2D eigenvalue weighted by atomic mass is 9.61. The molecule has 0 aromatic carbocycles. The first-order valence-corrected chi connectivity index (χ1v) is 7.95. The molecule has 0 saturated heterocycles. The summed E-state index contributed by atoms with van der Waals surface area (Å²) in [5, 5.41) is 0. The lowest BCUT2D eigenvalue weighted by Gasteiger charge is -2.44. The first-order valence-electron chi connectivity index (χ1n) is 7.95. The molecule has 0 aromatic rings. The van der Waals surface area contributed by atoms with E-state index in [0.717, 1.165) is 31.1 Å². The van der Waals surface area contributed by atoms with Gasteiger partial charge in [0, 0.05) is 13.5 Å². The molecule has 3 rings (SSSR count). The highest BCUT2D eigenvalue weighted by molar-refractivity contribution is 5.83. The number of rotatable bonds is 2. The summed E-state index contributed by atoms with van der Waals surface area (Å²) < 4.78 is 5.41. The molecule has 0 amide bonds. The Balaban J connectivity index is 1.79. The molecule has 3 fully saturated rings. The first kappa shape index (κ1) is 13.6. The van der Waals surface area contributed by atoms with Crippen LogP contribution in [-0.4, -0.2) is 19.0 Å². The van der Waals surface area contributed by atoms with Crippen molar-refractivity contribution in [1.82, 2.24) is 0 Å². The Kier molecular flexibility index (Phi) is 3.09. The number of ketones is 1. The monoisotopic (exact) mass is 264 g/mol. The average Bonchev–Trinajstić information content (AvgIpc) is 2.72. The van der Waals surface area contributed by atoms with Crippen molar-refractivity contribution in [2.75, 3.05) is 7.11 Å². The second kappa shape index (κ2) is 4.31. The van der Waals surface area contributed by atoms with Crippen molar-refractivity contribution in [2.45, 2.75) is 65.4 Å². The van der Waals surface area contributed by atoms with Crippen LogP contribution in [0.15, 0.2) is 0 Å². The summed E-state index contributed by atoms with van der Waals surface area (Å²) in [7, 11) is 1.69. The predicted octanol–water partition coefficient (Wildman–Crippen LogP) is 3.83. The van der Waals surface area contributed by atoms with Crippen LogP contribution < -0.4 is 0 Å². The van der Waals surface area contributed by atoms with E-state index in [4.69, 9.17) is 4.74 Å². The zero-order valence-electron chi connectivity index (χ0n) is 12.9. The Morgan fingerprint density at radius 3 is 2.42 bits per heavy atom. The van der Waals surface area contributed by atoms with Crippen LogP contribution in [0, 0.1) is 28.6 Å². The second-order valence-electron chi connectivity index (χ2n) is 7.94. The molecular weight excluding hydrogens is 236 g/mol. The van der Waals surface area contributed by atoms with Gasteiger partial charge in [0.15, 0.2) is 5.78 Å². The van der Waals surface area contributed by atoms with Crippen LogP contribution in [0.25, 0.3) is 0 Å². The molecule has 0 N–H and O–H groups in total. The van der Waals surface area contributed by atoms with Gasteiger partial charge < -0.3 is 4.74 Å².